The quantitative estimate of drug-likeness (QED) is 0.857. The molecular weight excluding hydrogens is 294 g/mol. The van der Waals surface area contributed by atoms with Crippen molar-refractivity contribution in [1.82, 2.24) is 14.8 Å². The highest BCUT2D eigenvalue weighted by atomic mass is 32.1. The third-order valence-electron chi connectivity index (χ3n) is 5.67. The van der Waals surface area contributed by atoms with Crippen LogP contribution in [0, 0.1) is 6.92 Å². The molecule has 1 amide bonds. The third-order valence-corrected chi connectivity index (χ3v) is 6.59. The summed E-state index contributed by atoms with van der Waals surface area (Å²) < 4.78 is 0. The maximum Gasteiger partial charge on any atom is 0.266 e. The number of aryl methyl sites for hydroxylation is 1. The molecule has 2 heterocycles. The minimum absolute atomic E-state index is 0.0971. The van der Waals surface area contributed by atoms with Gasteiger partial charge in [-0.3, -0.25) is 4.79 Å². The van der Waals surface area contributed by atoms with Crippen LogP contribution in [0.3, 0.4) is 0 Å². The Balaban J connectivity index is 1.89. The standard InChI is InChI=1S/C17H27N3OS/c1-4-19(3)14-10-17(8-6-5-7-9-17)20(11-14)16(21)15-13(2)18-12-22-15/h12,14H,4-11H2,1-3H3. The first-order chi connectivity index (χ1) is 10.6. The first-order valence-electron chi connectivity index (χ1n) is 8.50. The number of thiazole rings is 1. The van der Waals surface area contributed by atoms with Gasteiger partial charge in [-0.1, -0.05) is 26.2 Å². The van der Waals surface area contributed by atoms with Gasteiger partial charge in [-0.05, 0) is 39.8 Å². The molecular formula is C17H27N3OS. The summed E-state index contributed by atoms with van der Waals surface area (Å²) in [5.74, 6) is 0.217. The van der Waals surface area contributed by atoms with Crippen LogP contribution in [0.1, 0.15) is 60.8 Å². The fourth-order valence-corrected chi connectivity index (χ4v) is 4.93. The zero-order valence-electron chi connectivity index (χ0n) is 14.0. The second kappa shape index (κ2) is 6.28. The number of hydrogen-bond acceptors (Lipinski definition) is 4. The lowest BCUT2D eigenvalue weighted by Gasteiger charge is -2.41. The largest absolute Gasteiger partial charge is 0.331 e. The van der Waals surface area contributed by atoms with Crippen molar-refractivity contribution in [2.24, 2.45) is 0 Å². The van der Waals surface area contributed by atoms with Crippen LogP contribution in [0.4, 0.5) is 0 Å². The van der Waals surface area contributed by atoms with Crippen molar-refractivity contribution in [2.75, 3.05) is 20.1 Å². The predicted molar refractivity (Wildman–Crippen MR) is 90.4 cm³/mol. The van der Waals surface area contributed by atoms with Gasteiger partial charge in [0.2, 0.25) is 0 Å². The summed E-state index contributed by atoms with van der Waals surface area (Å²) in [4.78, 5) is 22.9. The van der Waals surface area contributed by atoms with Crippen LogP contribution in [0.25, 0.3) is 0 Å². The number of rotatable bonds is 3. The van der Waals surface area contributed by atoms with Crippen LogP contribution < -0.4 is 0 Å². The van der Waals surface area contributed by atoms with Gasteiger partial charge in [-0.25, -0.2) is 4.98 Å². The van der Waals surface area contributed by atoms with Gasteiger partial charge in [0.1, 0.15) is 4.88 Å². The van der Waals surface area contributed by atoms with E-state index in [9.17, 15) is 4.79 Å². The molecule has 0 bridgehead atoms. The molecule has 0 radical (unpaired) electrons. The van der Waals surface area contributed by atoms with Crippen LogP contribution in [-0.2, 0) is 0 Å². The van der Waals surface area contributed by atoms with Crippen molar-refractivity contribution in [3.63, 3.8) is 0 Å². The van der Waals surface area contributed by atoms with E-state index in [4.69, 9.17) is 0 Å². The molecule has 1 saturated heterocycles. The van der Waals surface area contributed by atoms with E-state index < -0.39 is 0 Å². The van der Waals surface area contributed by atoms with Gasteiger partial charge in [-0.2, -0.15) is 0 Å². The van der Waals surface area contributed by atoms with Gasteiger partial charge in [0.05, 0.1) is 11.2 Å². The van der Waals surface area contributed by atoms with Crippen LogP contribution >= 0.6 is 11.3 Å². The molecule has 1 aliphatic carbocycles. The molecule has 5 heteroatoms. The second-order valence-corrected chi connectivity index (χ2v) is 7.75. The van der Waals surface area contributed by atoms with Crippen molar-refractivity contribution in [3.05, 3.63) is 16.1 Å². The number of hydrogen-bond donors (Lipinski definition) is 0. The van der Waals surface area contributed by atoms with Crippen LogP contribution in [0.5, 0.6) is 0 Å². The third kappa shape index (κ3) is 2.69. The maximum absolute atomic E-state index is 13.1. The summed E-state index contributed by atoms with van der Waals surface area (Å²) >= 11 is 1.49. The first kappa shape index (κ1) is 15.9. The fourth-order valence-electron chi connectivity index (χ4n) is 4.18. The number of nitrogens with zero attached hydrogens (tertiary/aromatic N) is 3. The Morgan fingerprint density at radius 1 is 1.45 bits per heavy atom. The maximum atomic E-state index is 13.1. The number of amides is 1. The average molecular weight is 321 g/mol. The molecule has 1 atom stereocenters. The second-order valence-electron chi connectivity index (χ2n) is 6.90. The van der Waals surface area contributed by atoms with Crippen molar-refractivity contribution in [2.45, 2.75) is 64.0 Å². The van der Waals surface area contributed by atoms with E-state index in [1.807, 2.05) is 6.92 Å². The molecule has 1 unspecified atom stereocenters. The number of carbonyl (C=O) groups is 1. The lowest BCUT2D eigenvalue weighted by molar-refractivity contribution is 0.0503. The minimum Gasteiger partial charge on any atom is -0.331 e. The molecule has 0 N–H and O–H groups in total. The summed E-state index contributed by atoms with van der Waals surface area (Å²) in [6.07, 6.45) is 7.32. The zero-order chi connectivity index (χ0) is 15.7. The molecule has 2 aliphatic rings. The van der Waals surface area contributed by atoms with E-state index in [1.165, 1.54) is 43.4 Å². The zero-order valence-corrected chi connectivity index (χ0v) is 14.8. The van der Waals surface area contributed by atoms with E-state index in [-0.39, 0.29) is 11.4 Å². The summed E-state index contributed by atoms with van der Waals surface area (Å²) in [5, 5.41) is 0. The summed E-state index contributed by atoms with van der Waals surface area (Å²) in [6, 6.07) is 0.500. The molecule has 1 spiro atoms. The van der Waals surface area contributed by atoms with Gasteiger partial charge in [0.15, 0.2) is 0 Å². The minimum atomic E-state index is 0.0971. The molecule has 1 aromatic rings. The van der Waals surface area contributed by atoms with E-state index in [0.29, 0.717) is 6.04 Å². The lowest BCUT2D eigenvalue weighted by atomic mass is 9.79. The van der Waals surface area contributed by atoms with Crippen LogP contribution in [0.15, 0.2) is 5.51 Å². The van der Waals surface area contributed by atoms with Crippen molar-refractivity contribution >= 4 is 17.2 Å². The Morgan fingerprint density at radius 2 is 2.18 bits per heavy atom. The molecule has 1 saturated carbocycles. The number of aromatic nitrogens is 1. The van der Waals surface area contributed by atoms with Crippen molar-refractivity contribution in [1.29, 1.82) is 0 Å². The summed E-state index contributed by atoms with van der Waals surface area (Å²) in [5.41, 5.74) is 2.77. The Kier molecular flexibility index (Phi) is 4.55. The lowest BCUT2D eigenvalue weighted by Crippen LogP contribution is -2.48. The summed E-state index contributed by atoms with van der Waals surface area (Å²) in [6.45, 7) is 6.07. The molecule has 1 aromatic heterocycles. The number of carbonyl (C=O) groups excluding carboxylic acids is 1. The molecule has 122 valence electrons. The Bertz CT molecular complexity index is 536. The first-order valence-corrected chi connectivity index (χ1v) is 9.37. The Morgan fingerprint density at radius 3 is 2.77 bits per heavy atom. The van der Waals surface area contributed by atoms with Crippen molar-refractivity contribution in [3.8, 4) is 0 Å². The topological polar surface area (TPSA) is 36.4 Å². The molecule has 1 aliphatic heterocycles. The fraction of sp³-hybridized carbons (Fsp3) is 0.765. The average Bonchev–Trinajstić information content (AvgIpc) is 3.11. The van der Waals surface area contributed by atoms with Crippen LogP contribution in [-0.4, -0.2) is 52.4 Å². The highest BCUT2D eigenvalue weighted by Gasteiger charge is 2.49. The van der Waals surface area contributed by atoms with E-state index in [0.717, 1.165) is 30.1 Å². The number of likely N-dealkylation sites (tertiary alicyclic amines) is 1. The smallest absolute Gasteiger partial charge is 0.266 e. The number of likely N-dealkylation sites (N-methyl/N-ethyl adjacent to an activating group) is 1. The Hall–Kier alpha value is -0.940. The highest BCUT2D eigenvalue weighted by molar-refractivity contribution is 7.11. The highest BCUT2D eigenvalue weighted by Crippen LogP contribution is 2.43. The van der Waals surface area contributed by atoms with Crippen molar-refractivity contribution < 1.29 is 4.79 Å². The van der Waals surface area contributed by atoms with Gasteiger partial charge in [-0.15, -0.1) is 11.3 Å². The van der Waals surface area contributed by atoms with Gasteiger partial charge < -0.3 is 9.80 Å². The monoisotopic (exact) mass is 321 g/mol. The summed E-state index contributed by atoms with van der Waals surface area (Å²) in [7, 11) is 2.19. The normalized spacial score (nSPS) is 24.4. The molecule has 3 rings (SSSR count). The van der Waals surface area contributed by atoms with Gasteiger partial charge in [0, 0.05) is 18.1 Å². The van der Waals surface area contributed by atoms with E-state index >= 15 is 0 Å². The van der Waals surface area contributed by atoms with Crippen LogP contribution in [0.2, 0.25) is 0 Å². The Labute approximate surface area is 137 Å². The van der Waals surface area contributed by atoms with E-state index in [2.05, 4.69) is 28.8 Å². The van der Waals surface area contributed by atoms with E-state index in [1.54, 1.807) is 5.51 Å². The predicted octanol–water partition coefficient (Wildman–Crippen LogP) is 3.32. The molecule has 4 nitrogen and oxygen atoms in total. The van der Waals surface area contributed by atoms with Gasteiger partial charge in [0.25, 0.3) is 5.91 Å². The molecule has 2 fully saturated rings. The van der Waals surface area contributed by atoms with Gasteiger partial charge >= 0.3 is 0 Å². The molecule has 0 aromatic carbocycles. The molecule has 22 heavy (non-hydrogen) atoms. The SMILES string of the molecule is CCN(C)C1CN(C(=O)c2scnc2C)C2(CCCCC2)C1.